The lowest BCUT2D eigenvalue weighted by molar-refractivity contribution is -0.141. The molecule has 5 N–H and O–H groups in total. The maximum absolute atomic E-state index is 12.5. The first kappa shape index (κ1) is 24.6. The van der Waals surface area contributed by atoms with Gasteiger partial charge in [-0.1, -0.05) is 40.6 Å². The van der Waals surface area contributed by atoms with Crippen molar-refractivity contribution in [1.82, 2.24) is 25.1 Å². The van der Waals surface area contributed by atoms with Crippen molar-refractivity contribution in [3.8, 4) is 11.3 Å². The largest absolute Gasteiger partial charge is 0.398 e. The summed E-state index contributed by atoms with van der Waals surface area (Å²) in [5.74, 6) is -1.51. The minimum absolute atomic E-state index is 0.138. The highest BCUT2D eigenvalue weighted by Gasteiger charge is 2.43. The Morgan fingerprint density at radius 3 is 2.69 bits per heavy atom. The molecule has 1 fully saturated rings. The van der Waals surface area contributed by atoms with Crippen LogP contribution in [0.25, 0.3) is 11.3 Å². The molecule has 1 aliphatic heterocycles. The summed E-state index contributed by atoms with van der Waals surface area (Å²) >= 11 is 1.07. The molecule has 0 aliphatic carbocycles. The highest BCUT2D eigenvalue weighted by molar-refractivity contribution is 7.91. The number of likely N-dealkylation sites (tertiary alicyclic amines) is 1. The predicted molar refractivity (Wildman–Crippen MR) is 127 cm³/mol. The maximum atomic E-state index is 12.5. The van der Waals surface area contributed by atoms with Gasteiger partial charge in [-0.15, -0.1) is 11.3 Å². The summed E-state index contributed by atoms with van der Waals surface area (Å²) in [5, 5.41) is 11.3. The molecule has 0 bridgehead atoms. The van der Waals surface area contributed by atoms with Crippen molar-refractivity contribution in [2.75, 3.05) is 24.1 Å². The Morgan fingerprint density at radius 2 is 2.06 bits per heavy atom. The lowest BCUT2D eigenvalue weighted by Crippen LogP contribution is -2.68. The molecule has 1 saturated heterocycles. The summed E-state index contributed by atoms with van der Waals surface area (Å²) in [6.45, 7) is -0.284. The van der Waals surface area contributed by atoms with Crippen LogP contribution in [0.2, 0.25) is 0 Å². The molecular weight excluding hydrogens is 516 g/mol. The molecule has 1 aromatic carbocycles. The summed E-state index contributed by atoms with van der Waals surface area (Å²) < 4.78 is 33.4. The molecule has 188 valence electrons. The Hall–Kier alpha value is -4.51. The molecule has 3 heterocycles. The number of nitrogens with zero attached hydrogens (tertiary/aromatic N) is 4. The summed E-state index contributed by atoms with van der Waals surface area (Å²) in [6, 6.07) is 7.82. The second-order valence-electron chi connectivity index (χ2n) is 7.12. The molecule has 0 unspecified atom stereocenters. The molecule has 1 aliphatic rings. The topological polar surface area (TPSA) is 211 Å². The number of oxime groups is 1. The van der Waals surface area contributed by atoms with Crippen molar-refractivity contribution in [3.63, 3.8) is 0 Å². The number of benzene rings is 1. The van der Waals surface area contributed by atoms with Crippen LogP contribution in [-0.4, -0.2) is 66.7 Å². The third-order valence-corrected chi connectivity index (χ3v) is 6.27. The molecule has 36 heavy (non-hydrogen) atoms. The number of carbonyl (C=O) groups excluding carboxylic acids is 3. The van der Waals surface area contributed by atoms with Crippen LogP contribution < -0.4 is 20.5 Å². The summed E-state index contributed by atoms with van der Waals surface area (Å²) in [5.41, 5.74) is 6.14. The number of hydrogen-bond donors (Lipinski definition) is 4. The first-order valence-electron chi connectivity index (χ1n) is 9.98. The highest BCUT2D eigenvalue weighted by Crippen LogP contribution is 2.22. The van der Waals surface area contributed by atoms with Crippen LogP contribution in [0.3, 0.4) is 0 Å². The van der Waals surface area contributed by atoms with E-state index in [9.17, 15) is 22.8 Å². The Bertz CT molecular complexity index is 1430. The number of nitrogens with one attached hydrogen (secondary N) is 3. The second-order valence-corrected chi connectivity index (χ2v) is 9.43. The third-order valence-electron chi connectivity index (χ3n) is 4.67. The molecule has 4 amide bonds. The van der Waals surface area contributed by atoms with Crippen LogP contribution >= 0.6 is 11.3 Å². The van der Waals surface area contributed by atoms with E-state index in [4.69, 9.17) is 10.3 Å². The van der Waals surface area contributed by atoms with Crippen LogP contribution in [0.15, 0.2) is 51.5 Å². The van der Waals surface area contributed by atoms with Gasteiger partial charge in [-0.3, -0.25) is 14.5 Å². The van der Waals surface area contributed by atoms with E-state index < -0.39 is 34.1 Å². The number of nitrogen functional groups attached to an aromatic ring is 1. The van der Waals surface area contributed by atoms with Crippen molar-refractivity contribution in [2.24, 2.45) is 5.16 Å². The summed E-state index contributed by atoms with van der Waals surface area (Å²) in [4.78, 5) is 46.4. The van der Waals surface area contributed by atoms with E-state index in [1.165, 1.54) is 18.6 Å². The zero-order valence-electron chi connectivity index (χ0n) is 18.4. The minimum atomic E-state index is -4.45. The maximum Gasteiger partial charge on any atom is 0.339 e. The van der Waals surface area contributed by atoms with Gasteiger partial charge in [-0.2, -0.15) is 8.42 Å². The van der Waals surface area contributed by atoms with Crippen molar-refractivity contribution in [2.45, 2.75) is 6.04 Å². The Kier molecular flexibility index (Phi) is 6.84. The van der Waals surface area contributed by atoms with Crippen LogP contribution in [0.4, 0.5) is 15.7 Å². The first-order chi connectivity index (χ1) is 17.2. The number of hydrogen-bond acceptors (Lipinski definition) is 12. The first-order valence-corrected chi connectivity index (χ1v) is 12.3. The predicted octanol–water partition coefficient (Wildman–Crippen LogP) is 0.124. The van der Waals surface area contributed by atoms with Gasteiger partial charge in [0.15, 0.2) is 22.4 Å². The van der Waals surface area contributed by atoms with E-state index in [2.05, 4.69) is 25.5 Å². The highest BCUT2D eigenvalue weighted by atomic mass is 32.2. The van der Waals surface area contributed by atoms with Crippen LogP contribution in [0.5, 0.6) is 0 Å². The quantitative estimate of drug-likeness (QED) is 0.174. The number of imide groups is 1. The lowest BCUT2D eigenvalue weighted by atomic mass is 10.1. The number of amides is 4. The smallest absolute Gasteiger partial charge is 0.339 e. The van der Waals surface area contributed by atoms with E-state index in [0.717, 1.165) is 11.3 Å². The van der Waals surface area contributed by atoms with Crippen LogP contribution in [-0.2, 0) is 24.6 Å². The van der Waals surface area contributed by atoms with E-state index in [1.807, 2.05) is 4.72 Å². The fraction of sp³-hybridized carbons (Fsp3) is 0.158. The van der Waals surface area contributed by atoms with E-state index in [-0.39, 0.29) is 28.9 Å². The average Bonchev–Trinajstić information content (AvgIpc) is 3.48. The van der Waals surface area contributed by atoms with Gasteiger partial charge in [0.1, 0.15) is 18.8 Å². The number of thiazole rings is 1. The zero-order chi connectivity index (χ0) is 25.9. The number of nitrogens with two attached hydrogens (primary N) is 1. The van der Waals surface area contributed by atoms with Crippen LogP contribution in [0, 0.1) is 0 Å². The number of urea groups is 1. The number of rotatable bonds is 8. The number of β-lactam (4-membered cyclic amide) rings is 1. The number of aromatic nitrogens is 2. The molecule has 3 aromatic rings. The standard InChI is InChI=1S/C19H18N8O7S2/c1-33-24-15(12-9-35-18(20)22-12)16(28)21-11-8-27(17(11)29)19(30)26-36(31,32)25-14-7-13(34-23-14)10-5-3-2-4-6-10/h2-7,9,11H,8H2,1H3,(H2,20,22)(H,21,28)(H,23,25)(H,26,30)/b24-15-/t11-/m0/s1. The van der Waals surface area contributed by atoms with Gasteiger partial charge < -0.3 is 20.4 Å². The SMILES string of the molecule is CO/N=C(\C(=O)N[C@H]1CN(C(=O)NS(=O)(=O)Nc2cc(-c3ccccc3)on2)C1=O)c1csc(N)n1. The molecule has 0 radical (unpaired) electrons. The molecule has 17 heteroatoms. The minimum Gasteiger partial charge on any atom is -0.398 e. The molecule has 1 atom stereocenters. The van der Waals surface area contributed by atoms with Gasteiger partial charge in [-0.05, 0) is 0 Å². The van der Waals surface area contributed by atoms with Gasteiger partial charge >= 0.3 is 16.2 Å². The molecule has 15 nitrogen and oxygen atoms in total. The van der Waals surface area contributed by atoms with Crippen LogP contribution in [0.1, 0.15) is 5.69 Å². The second kappa shape index (κ2) is 10.0. The van der Waals surface area contributed by atoms with Crippen molar-refractivity contribution >= 4 is 56.1 Å². The Labute approximate surface area is 207 Å². The van der Waals surface area contributed by atoms with Gasteiger partial charge in [0.2, 0.25) is 0 Å². The number of carbonyl (C=O) groups is 3. The summed E-state index contributed by atoms with van der Waals surface area (Å²) in [7, 11) is -3.23. The van der Waals surface area contributed by atoms with Crippen molar-refractivity contribution < 1.29 is 32.2 Å². The molecule has 2 aromatic heterocycles. The monoisotopic (exact) mass is 534 g/mol. The Morgan fingerprint density at radius 1 is 1.31 bits per heavy atom. The molecule has 0 spiro atoms. The van der Waals surface area contributed by atoms with E-state index in [0.29, 0.717) is 16.2 Å². The Balaban J connectivity index is 1.32. The van der Waals surface area contributed by atoms with E-state index >= 15 is 0 Å². The molecule has 0 saturated carbocycles. The van der Waals surface area contributed by atoms with Gasteiger partial charge in [0.05, 0.1) is 6.54 Å². The molecular formula is C19H18N8O7S2. The fourth-order valence-electron chi connectivity index (χ4n) is 3.03. The zero-order valence-corrected chi connectivity index (χ0v) is 20.0. The molecule has 4 rings (SSSR count). The average molecular weight is 535 g/mol. The third kappa shape index (κ3) is 5.41. The lowest BCUT2D eigenvalue weighted by Gasteiger charge is -2.36. The van der Waals surface area contributed by atoms with Gasteiger partial charge in [0.25, 0.3) is 11.8 Å². The van der Waals surface area contributed by atoms with E-state index in [1.54, 1.807) is 35.1 Å². The van der Waals surface area contributed by atoms with Gasteiger partial charge in [0, 0.05) is 17.0 Å². The fourth-order valence-corrected chi connectivity index (χ4v) is 4.34. The van der Waals surface area contributed by atoms with Crippen molar-refractivity contribution in [1.29, 1.82) is 0 Å². The summed E-state index contributed by atoms with van der Waals surface area (Å²) in [6.07, 6.45) is 0. The van der Waals surface area contributed by atoms with Gasteiger partial charge in [-0.25, -0.2) is 19.2 Å². The normalized spacial score (nSPS) is 15.7. The number of anilines is 2. The van der Waals surface area contributed by atoms with Crippen molar-refractivity contribution in [3.05, 3.63) is 47.5 Å².